The highest BCUT2D eigenvalue weighted by molar-refractivity contribution is 6.13. The van der Waals surface area contributed by atoms with Crippen molar-refractivity contribution in [3.05, 3.63) is 83.0 Å². The predicted octanol–water partition coefficient (Wildman–Crippen LogP) is 5.38. The number of aromatic nitrogens is 6. The molecule has 0 spiro atoms. The van der Waals surface area contributed by atoms with Crippen LogP contribution < -0.4 is 9.64 Å². The van der Waals surface area contributed by atoms with E-state index < -0.39 is 11.9 Å². The van der Waals surface area contributed by atoms with Gasteiger partial charge in [-0.05, 0) is 60.7 Å². The number of amides is 1. The lowest BCUT2D eigenvalue weighted by atomic mass is 9.87. The Morgan fingerprint density at radius 1 is 1.07 bits per heavy atom. The summed E-state index contributed by atoms with van der Waals surface area (Å²) in [7, 11) is 2.99. The van der Waals surface area contributed by atoms with Crippen LogP contribution in [0.25, 0.3) is 22.0 Å². The third kappa shape index (κ3) is 4.76. The van der Waals surface area contributed by atoms with E-state index >= 15 is 0 Å². The van der Waals surface area contributed by atoms with Crippen molar-refractivity contribution in [3.63, 3.8) is 0 Å². The maximum atomic E-state index is 14.3. The van der Waals surface area contributed by atoms with Gasteiger partial charge in [0.15, 0.2) is 5.69 Å². The summed E-state index contributed by atoms with van der Waals surface area (Å²) in [6.07, 6.45) is 2.71. The van der Waals surface area contributed by atoms with Gasteiger partial charge < -0.3 is 14.2 Å². The van der Waals surface area contributed by atoms with Crippen molar-refractivity contribution in [1.82, 2.24) is 29.3 Å². The Balaban J connectivity index is 1.54. The Morgan fingerprint density at radius 3 is 2.55 bits per heavy atom. The van der Waals surface area contributed by atoms with Crippen LogP contribution in [0.2, 0.25) is 0 Å². The number of ether oxygens (including phenoxy) is 1. The number of hydrogen-bond acceptors (Lipinski definition) is 6. The molecule has 216 valence electrons. The molecule has 0 atom stereocenters. The summed E-state index contributed by atoms with van der Waals surface area (Å²) in [5.74, 6) is 0.0727. The summed E-state index contributed by atoms with van der Waals surface area (Å²) in [5, 5.41) is 4.45. The molecular formula is C30H28F3N7O2. The van der Waals surface area contributed by atoms with Gasteiger partial charge in [-0.25, -0.2) is 15.0 Å². The minimum Gasteiger partial charge on any atom is -0.479 e. The number of alkyl halides is 3. The molecule has 9 nitrogen and oxygen atoms in total. The van der Waals surface area contributed by atoms with E-state index in [4.69, 9.17) is 4.74 Å². The van der Waals surface area contributed by atoms with Crippen LogP contribution in [0.5, 0.6) is 5.88 Å². The maximum Gasteiger partial charge on any atom is 0.435 e. The second-order valence-electron chi connectivity index (χ2n) is 10.3. The first-order valence-electron chi connectivity index (χ1n) is 13.5. The van der Waals surface area contributed by atoms with Gasteiger partial charge >= 0.3 is 6.18 Å². The average Bonchev–Trinajstić information content (AvgIpc) is 3.61. The highest BCUT2D eigenvalue weighted by Gasteiger charge is 2.39. The fourth-order valence-electron chi connectivity index (χ4n) is 5.61. The number of nitrogens with zero attached hydrogens (tertiary/aromatic N) is 7. The first-order valence-corrected chi connectivity index (χ1v) is 13.5. The number of rotatable bonds is 6. The third-order valence-corrected chi connectivity index (χ3v) is 7.45. The molecule has 0 fully saturated rings. The van der Waals surface area contributed by atoms with Gasteiger partial charge in [0.1, 0.15) is 5.52 Å². The number of carbonyl (C=O) groups excluding carboxylic acids is 1. The summed E-state index contributed by atoms with van der Waals surface area (Å²) in [6, 6.07) is 7.26. The second kappa shape index (κ2) is 10.3. The van der Waals surface area contributed by atoms with E-state index in [-0.39, 0.29) is 18.0 Å². The molecular weight excluding hydrogens is 547 g/mol. The minimum absolute atomic E-state index is 0.0522. The van der Waals surface area contributed by atoms with Crippen LogP contribution in [-0.4, -0.2) is 48.9 Å². The second-order valence-corrected chi connectivity index (χ2v) is 10.3. The number of imidazole rings is 1. The molecule has 1 aromatic carbocycles. The van der Waals surface area contributed by atoms with Crippen LogP contribution in [0.15, 0.2) is 49.2 Å². The van der Waals surface area contributed by atoms with Crippen molar-refractivity contribution in [1.29, 1.82) is 0 Å². The van der Waals surface area contributed by atoms with Crippen LogP contribution in [0.3, 0.4) is 0 Å². The molecule has 1 aliphatic rings. The number of fused-ring (bicyclic) bond motifs is 2. The Labute approximate surface area is 239 Å². The molecule has 0 saturated heterocycles. The van der Waals surface area contributed by atoms with Crippen LogP contribution >= 0.6 is 0 Å². The van der Waals surface area contributed by atoms with Crippen molar-refractivity contribution >= 4 is 22.5 Å². The lowest BCUT2D eigenvalue weighted by Gasteiger charge is -2.31. The molecule has 5 aromatic rings. The molecule has 0 N–H and O–H groups in total. The summed E-state index contributed by atoms with van der Waals surface area (Å²) < 4.78 is 50.7. The van der Waals surface area contributed by atoms with Crippen LogP contribution in [0.4, 0.5) is 18.9 Å². The van der Waals surface area contributed by atoms with Gasteiger partial charge in [0.25, 0.3) is 5.91 Å². The number of carbonyl (C=O) groups is 1. The van der Waals surface area contributed by atoms with Crippen molar-refractivity contribution in [2.24, 2.45) is 7.05 Å². The van der Waals surface area contributed by atoms with E-state index in [0.29, 0.717) is 64.4 Å². The Morgan fingerprint density at radius 2 is 1.86 bits per heavy atom. The first-order chi connectivity index (χ1) is 20.1. The largest absolute Gasteiger partial charge is 0.479 e. The third-order valence-electron chi connectivity index (χ3n) is 7.45. The summed E-state index contributed by atoms with van der Waals surface area (Å²) in [5.41, 5.74) is 3.57. The molecule has 4 aromatic heterocycles. The Bertz CT molecular complexity index is 1830. The minimum atomic E-state index is -4.66. The van der Waals surface area contributed by atoms with E-state index in [9.17, 15) is 18.0 Å². The lowest BCUT2D eigenvalue weighted by Crippen LogP contribution is -2.38. The number of benzene rings is 1. The number of aryl methyl sites for hydroxylation is 3. The van der Waals surface area contributed by atoms with Crippen LogP contribution in [0, 0.1) is 6.92 Å². The molecule has 0 radical (unpaired) electrons. The fraction of sp³-hybridized carbons (Fsp3) is 0.300. The molecule has 0 aliphatic carbocycles. The fourth-order valence-corrected chi connectivity index (χ4v) is 5.61. The zero-order valence-corrected chi connectivity index (χ0v) is 23.5. The lowest BCUT2D eigenvalue weighted by molar-refractivity contribution is -0.140. The summed E-state index contributed by atoms with van der Waals surface area (Å²) >= 11 is 0. The number of hydrogen-bond donors (Lipinski definition) is 0. The van der Waals surface area contributed by atoms with Gasteiger partial charge in [0.2, 0.25) is 5.88 Å². The molecule has 0 unspecified atom stereocenters. The topological polar surface area (TPSA) is 91.0 Å². The average molecular weight is 576 g/mol. The number of pyridine rings is 2. The molecule has 5 heterocycles. The van der Waals surface area contributed by atoms with Gasteiger partial charge in [0.05, 0.1) is 19.1 Å². The SMILES string of the molecule is CCc1cc2c(N3CCc4c(cc(Cn5ccnc5)cc4-c4cn(C)nc4C(F)(F)F)C3=O)cc(C)nc2c(OC)n1. The smallest absolute Gasteiger partial charge is 0.435 e. The van der Waals surface area contributed by atoms with E-state index in [2.05, 4.69) is 20.1 Å². The normalized spacial score (nSPS) is 13.6. The van der Waals surface area contributed by atoms with Crippen molar-refractivity contribution in [3.8, 4) is 17.0 Å². The van der Waals surface area contributed by atoms with Crippen LogP contribution in [-0.2, 0) is 32.6 Å². The molecule has 12 heteroatoms. The monoisotopic (exact) mass is 575 g/mol. The number of halogens is 3. The Hall–Kier alpha value is -4.74. The van der Waals surface area contributed by atoms with Crippen molar-refractivity contribution < 1.29 is 22.7 Å². The molecule has 0 saturated carbocycles. The van der Waals surface area contributed by atoms with E-state index in [0.717, 1.165) is 15.8 Å². The zero-order valence-electron chi connectivity index (χ0n) is 23.5. The van der Waals surface area contributed by atoms with E-state index in [1.54, 1.807) is 40.3 Å². The molecule has 1 amide bonds. The van der Waals surface area contributed by atoms with E-state index in [1.807, 2.05) is 26.0 Å². The number of anilines is 1. The number of methoxy groups -OCH3 is 1. The molecule has 1 aliphatic heterocycles. The molecule has 6 rings (SSSR count). The quantitative estimate of drug-likeness (QED) is 0.270. The van der Waals surface area contributed by atoms with Gasteiger partial charge in [-0.15, -0.1) is 0 Å². The van der Waals surface area contributed by atoms with E-state index in [1.165, 1.54) is 20.4 Å². The van der Waals surface area contributed by atoms with Gasteiger partial charge in [-0.1, -0.05) is 6.92 Å². The Kier molecular flexibility index (Phi) is 6.71. The van der Waals surface area contributed by atoms with Gasteiger partial charge in [-0.2, -0.15) is 18.3 Å². The molecule has 0 bridgehead atoms. The van der Waals surface area contributed by atoms with Crippen LogP contribution in [0.1, 0.15) is 45.5 Å². The highest BCUT2D eigenvalue weighted by atomic mass is 19.4. The zero-order chi connectivity index (χ0) is 29.8. The van der Waals surface area contributed by atoms with Crippen molar-refractivity contribution in [2.45, 2.75) is 39.4 Å². The maximum absolute atomic E-state index is 14.3. The first kappa shape index (κ1) is 27.4. The predicted molar refractivity (Wildman–Crippen MR) is 151 cm³/mol. The summed E-state index contributed by atoms with van der Waals surface area (Å²) in [4.78, 5) is 29.2. The van der Waals surface area contributed by atoms with Crippen molar-refractivity contribution in [2.75, 3.05) is 18.6 Å². The summed E-state index contributed by atoms with van der Waals surface area (Å²) in [6.45, 7) is 4.41. The molecule has 42 heavy (non-hydrogen) atoms. The van der Waals surface area contributed by atoms with Gasteiger partial charge in [-0.3, -0.25) is 9.48 Å². The highest BCUT2D eigenvalue weighted by Crippen LogP contribution is 2.41. The standard InChI is InChI=1S/C30H28F3N7O2/c1-5-19-13-23-25(10-17(2)35-26(23)28(36-19)42-4)40-8-6-20-21(24-15-38(3)37-27(24)30(31,32)33)11-18(12-22(20)29(40)41)14-39-9-7-34-16-39/h7,9-13,15-16H,5-6,8,14H2,1-4H3. The van der Waals surface area contributed by atoms with Gasteiger partial charge in [0, 0.05) is 66.6 Å².